The Balaban J connectivity index is 1.44. The summed E-state index contributed by atoms with van der Waals surface area (Å²) < 4.78 is 5.12. The van der Waals surface area contributed by atoms with Gasteiger partial charge in [-0.2, -0.15) is 0 Å². The largest absolute Gasteiger partial charge is 0.497 e. The van der Waals surface area contributed by atoms with Gasteiger partial charge in [0.25, 0.3) is 0 Å². The van der Waals surface area contributed by atoms with E-state index in [2.05, 4.69) is 10.6 Å². The Morgan fingerprint density at radius 3 is 2.58 bits per heavy atom. The monoisotopic (exact) mass is 353 g/mol. The van der Waals surface area contributed by atoms with Crippen molar-refractivity contribution >= 4 is 17.6 Å². The van der Waals surface area contributed by atoms with Crippen LogP contribution in [0.3, 0.4) is 0 Å². The molecule has 6 nitrogen and oxygen atoms in total. The molecule has 1 heterocycles. The standard InChI is InChI=1S/C20H23N3O3/c1-26-17-9-7-15(8-10-17)11-13-21-20(25)22-18-12-14-23(19(18)24)16-5-3-2-4-6-16/h2-10,18H,11-14H2,1H3,(H2,21,22,25)/t18-/m0/s1. The van der Waals surface area contributed by atoms with Crippen LogP contribution in [-0.4, -0.2) is 38.2 Å². The van der Waals surface area contributed by atoms with Gasteiger partial charge >= 0.3 is 6.03 Å². The number of hydrogen-bond donors (Lipinski definition) is 2. The lowest BCUT2D eigenvalue weighted by Gasteiger charge is -2.17. The molecule has 0 radical (unpaired) electrons. The van der Waals surface area contributed by atoms with Gasteiger partial charge in [-0.05, 0) is 42.7 Å². The van der Waals surface area contributed by atoms with E-state index in [1.807, 2.05) is 54.6 Å². The molecule has 1 saturated heterocycles. The molecule has 2 aromatic carbocycles. The zero-order valence-electron chi connectivity index (χ0n) is 14.8. The van der Waals surface area contributed by atoms with E-state index in [-0.39, 0.29) is 11.9 Å². The summed E-state index contributed by atoms with van der Waals surface area (Å²) in [5.41, 5.74) is 1.97. The van der Waals surface area contributed by atoms with E-state index < -0.39 is 6.04 Å². The summed E-state index contributed by atoms with van der Waals surface area (Å²) >= 11 is 0. The van der Waals surface area contributed by atoms with Crippen LogP contribution in [0.15, 0.2) is 54.6 Å². The second kappa shape index (κ2) is 8.38. The van der Waals surface area contributed by atoms with Crippen LogP contribution in [0.25, 0.3) is 0 Å². The SMILES string of the molecule is COc1ccc(CCNC(=O)N[C@H]2CCN(c3ccccc3)C2=O)cc1. The van der Waals surface area contributed by atoms with E-state index in [0.717, 1.165) is 17.0 Å². The van der Waals surface area contributed by atoms with Crippen molar-refractivity contribution < 1.29 is 14.3 Å². The van der Waals surface area contributed by atoms with Crippen molar-refractivity contribution in [2.24, 2.45) is 0 Å². The Morgan fingerprint density at radius 1 is 1.15 bits per heavy atom. The summed E-state index contributed by atoms with van der Waals surface area (Å²) in [7, 11) is 1.63. The van der Waals surface area contributed by atoms with Crippen molar-refractivity contribution in [1.29, 1.82) is 0 Å². The second-order valence-electron chi connectivity index (χ2n) is 6.16. The van der Waals surface area contributed by atoms with Crippen molar-refractivity contribution in [2.75, 3.05) is 25.1 Å². The molecule has 6 heteroatoms. The third-order valence-corrected chi connectivity index (χ3v) is 4.44. The fourth-order valence-corrected chi connectivity index (χ4v) is 3.00. The Hall–Kier alpha value is -3.02. The highest BCUT2D eigenvalue weighted by atomic mass is 16.5. The number of amides is 3. The van der Waals surface area contributed by atoms with Crippen LogP contribution in [0.2, 0.25) is 0 Å². The number of methoxy groups -OCH3 is 1. The van der Waals surface area contributed by atoms with Crippen LogP contribution in [0.1, 0.15) is 12.0 Å². The number of hydrogen-bond acceptors (Lipinski definition) is 3. The minimum atomic E-state index is -0.476. The van der Waals surface area contributed by atoms with Crippen LogP contribution < -0.4 is 20.3 Å². The van der Waals surface area contributed by atoms with Crippen LogP contribution in [0, 0.1) is 0 Å². The average molecular weight is 353 g/mol. The number of anilines is 1. The molecule has 2 N–H and O–H groups in total. The Labute approximate surface area is 153 Å². The van der Waals surface area contributed by atoms with E-state index in [1.165, 1.54) is 0 Å². The maximum atomic E-state index is 12.5. The van der Waals surface area contributed by atoms with E-state index in [0.29, 0.717) is 25.9 Å². The molecule has 0 bridgehead atoms. The molecule has 136 valence electrons. The number of ether oxygens (including phenoxy) is 1. The molecule has 0 unspecified atom stereocenters. The minimum absolute atomic E-state index is 0.0681. The number of benzene rings is 2. The predicted molar refractivity (Wildman–Crippen MR) is 100 cm³/mol. The molecular formula is C20H23N3O3. The van der Waals surface area contributed by atoms with Crippen molar-refractivity contribution in [2.45, 2.75) is 18.9 Å². The van der Waals surface area contributed by atoms with Gasteiger partial charge in [-0.15, -0.1) is 0 Å². The normalized spacial score (nSPS) is 16.4. The minimum Gasteiger partial charge on any atom is -0.497 e. The summed E-state index contributed by atoms with van der Waals surface area (Å²) in [6.45, 7) is 1.11. The molecule has 1 atom stereocenters. The lowest BCUT2D eigenvalue weighted by atomic mass is 10.1. The van der Waals surface area contributed by atoms with Gasteiger partial charge in [0, 0.05) is 18.8 Å². The lowest BCUT2D eigenvalue weighted by Crippen LogP contribution is -2.46. The van der Waals surface area contributed by atoms with Crippen molar-refractivity contribution in [3.05, 3.63) is 60.2 Å². The smallest absolute Gasteiger partial charge is 0.315 e. The highest BCUT2D eigenvalue weighted by Gasteiger charge is 2.33. The van der Waals surface area contributed by atoms with Crippen molar-refractivity contribution in [1.82, 2.24) is 10.6 Å². The molecule has 3 rings (SSSR count). The lowest BCUT2D eigenvalue weighted by molar-refractivity contribution is -0.118. The molecule has 26 heavy (non-hydrogen) atoms. The van der Waals surface area contributed by atoms with Gasteiger partial charge in [-0.3, -0.25) is 4.79 Å². The van der Waals surface area contributed by atoms with Gasteiger partial charge in [-0.25, -0.2) is 4.79 Å². The summed E-state index contributed by atoms with van der Waals surface area (Å²) in [4.78, 5) is 26.2. The van der Waals surface area contributed by atoms with E-state index in [9.17, 15) is 9.59 Å². The summed E-state index contributed by atoms with van der Waals surface area (Å²) in [6, 6.07) is 16.4. The summed E-state index contributed by atoms with van der Waals surface area (Å²) in [6.07, 6.45) is 1.33. The quantitative estimate of drug-likeness (QED) is 0.837. The van der Waals surface area contributed by atoms with Crippen LogP contribution >= 0.6 is 0 Å². The Kier molecular flexibility index (Phi) is 5.73. The number of para-hydroxylation sites is 1. The zero-order valence-corrected chi connectivity index (χ0v) is 14.8. The third kappa shape index (κ3) is 4.33. The average Bonchev–Trinajstić information content (AvgIpc) is 3.03. The Morgan fingerprint density at radius 2 is 1.88 bits per heavy atom. The third-order valence-electron chi connectivity index (χ3n) is 4.44. The van der Waals surface area contributed by atoms with Gasteiger partial charge < -0.3 is 20.3 Å². The van der Waals surface area contributed by atoms with Crippen molar-refractivity contribution in [3.8, 4) is 5.75 Å². The molecule has 1 aliphatic heterocycles. The molecule has 1 fully saturated rings. The molecule has 1 aliphatic rings. The molecule has 0 spiro atoms. The number of nitrogens with one attached hydrogen (secondary N) is 2. The summed E-state index contributed by atoms with van der Waals surface area (Å²) in [5.74, 6) is 0.740. The second-order valence-corrected chi connectivity index (χ2v) is 6.16. The first-order valence-electron chi connectivity index (χ1n) is 8.71. The van der Waals surface area contributed by atoms with E-state index >= 15 is 0 Å². The maximum Gasteiger partial charge on any atom is 0.315 e. The topological polar surface area (TPSA) is 70.7 Å². The molecule has 3 amide bonds. The molecule has 2 aromatic rings. The van der Waals surface area contributed by atoms with Gasteiger partial charge in [0.2, 0.25) is 5.91 Å². The van der Waals surface area contributed by atoms with Crippen LogP contribution in [0.5, 0.6) is 5.75 Å². The maximum absolute atomic E-state index is 12.5. The highest BCUT2D eigenvalue weighted by Crippen LogP contribution is 2.20. The van der Waals surface area contributed by atoms with E-state index in [1.54, 1.807) is 12.0 Å². The number of carbonyl (C=O) groups excluding carboxylic acids is 2. The highest BCUT2D eigenvalue weighted by molar-refractivity contribution is 6.01. The zero-order chi connectivity index (χ0) is 18.4. The number of urea groups is 1. The van der Waals surface area contributed by atoms with Crippen LogP contribution in [0.4, 0.5) is 10.5 Å². The molecule has 0 aromatic heterocycles. The van der Waals surface area contributed by atoms with Gasteiger partial charge in [0.15, 0.2) is 0 Å². The van der Waals surface area contributed by atoms with Gasteiger partial charge in [0.1, 0.15) is 11.8 Å². The van der Waals surface area contributed by atoms with E-state index in [4.69, 9.17) is 4.74 Å². The first-order chi connectivity index (χ1) is 12.7. The summed E-state index contributed by atoms with van der Waals surface area (Å²) in [5, 5.41) is 5.58. The van der Waals surface area contributed by atoms with Gasteiger partial charge in [0.05, 0.1) is 7.11 Å². The predicted octanol–water partition coefficient (Wildman–Crippen LogP) is 2.34. The molecular weight excluding hydrogens is 330 g/mol. The number of nitrogens with zero attached hydrogens (tertiary/aromatic N) is 1. The molecule has 0 aliphatic carbocycles. The number of rotatable bonds is 6. The van der Waals surface area contributed by atoms with Crippen molar-refractivity contribution in [3.63, 3.8) is 0 Å². The number of carbonyl (C=O) groups is 2. The van der Waals surface area contributed by atoms with Crippen LogP contribution in [-0.2, 0) is 11.2 Å². The van der Waals surface area contributed by atoms with Gasteiger partial charge in [-0.1, -0.05) is 30.3 Å². The Bertz CT molecular complexity index is 747. The first-order valence-corrected chi connectivity index (χ1v) is 8.71. The fourth-order valence-electron chi connectivity index (χ4n) is 3.00. The first kappa shape index (κ1) is 17.8. The molecule has 0 saturated carbocycles. The fraction of sp³-hybridized carbons (Fsp3) is 0.300.